The third kappa shape index (κ3) is 5.97. The fourth-order valence-corrected chi connectivity index (χ4v) is 2.85. The van der Waals surface area contributed by atoms with Gasteiger partial charge in [-0.25, -0.2) is 0 Å². The Balaban J connectivity index is 1.86. The smallest absolute Gasteiger partial charge is 0.126 e. The molecule has 0 bridgehead atoms. The van der Waals surface area contributed by atoms with Crippen LogP contribution in [-0.2, 0) is 11.3 Å². The van der Waals surface area contributed by atoms with E-state index in [2.05, 4.69) is 47.2 Å². The van der Waals surface area contributed by atoms with E-state index < -0.39 is 0 Å². The average Bonchev–Trinajstić information content (AvgIpc) is 3.26. The molecular formula is C17H26BrNO2. The van der Waals surface area contributed by atoms with Crippen LogP contribution in [0.1, 0.15) is 43.7 Å². The highest BCUT2D eigenvalue weighted by molar-refractivity contribution is 9.10. The van der Waals surface area contributed by atoms with Crippen LogP contribution < -0.4 is 10.1 Å². The summed E-state index contributed by atoms with van der Waals surface area (Å²) < 4.78 is 12.6. The van der Waals surface area contributed by atoms with E-state index >= 15 is 0 Å². The van der Waals surface area contributed by atoms with Crippen LogP contribution in [0.15, 0.2) is 16.6 Å². The van der Waals surface area contributed by atoms with Gasteiger partial charge in [0.2, 0.25) is 0 Å². The van der Waals surface area contributed by atoms with Gasteiger partial charge in [-0.05, 0) is 43.9 Å². The predicted molar refractivity (Wildman–Crippen MR) is 90.0 cm³/mol. The fourth-order valence-electron chi connectivity index (χ4n) is 2.23. The molecule has 1 N–H and O–H groups in total. The van der Waals surface area contributed by atoms with E-state index in [-0.39, 0.29) is 0 Å². The van der Waals surface area contributed by atoms with Crippen molar-refractivity contribution < 1.29 is 9.47 Å². The van der Waals surface area contributed by atoms with E-state index in [4.69, 9.17) is 9.47 Å². The third-order valence-corrected chi connectivity index (χ3v) is 4.05. The van der Waals surface area contributed by atoms with Crippen molar-refractivity contribution >= 4 is 15.9 Å². The summed E-state index contributed by atoms with van der Waals surface area (Å²) in [6.07, 6.45) is 4.89. The number of halogens is 1. The van der Waals surface area contributed by atoms with Crippen LogP contribution in [0.5, 0.6) is 5.75 Å². The Morgan fingerprint density at radius 2 is 2.05 bits per heavy atom. The highest BCUT2D eigenvalue weighted by atomic mass is 79.9. The topological polar surface area (TPSA) is 30.5 Å². The summed E-state index contributed by atoms with van der Waals surface area (Å²) in [6.45, 7) is 7.24. The summed E-state index contributed by atoms with van der Waals surface area (Å²) in [6, 6.07) is 4.96. The van der Waals surface area contributed by atoms with Crippen molar-refractivity contribution in [3.63, 3.8) is 0 Å². The molecule has 21 heavy (non-hydrogen) atoms. The van der Waals surface area contributed by atoms with Gasteiger partial charge in [-0.15, -0.1) is 0 Å². The van der Waals surface area contributed by atoms with Gasteiger partial charge in [0.15, 0.2) is 0 Å². The second-order valence-corrected chi connectivity index (χ2v) is 6.60. The van der Waals surface area contributed by atoms with Gasteiger partial charge in [-0.3, -0.25) is 0 Å². The maximum atomic E-state index is 5.97. The first-order valence-corrected chi connectivity index (χ1v) is 8.73. The van der Waals surface area contributed by atoms with E-state index in [9.17, 15) is 0 Å². The van der Waals surface area contributed by atoms with Crippen LogP contribution >= 0.6 is 15.9 Å². The van der Waals surface area contributed by atoms with Gasteiger partial charge >= 0.3 is 0 Å². The normalized spacial score (nSPS) is 14.4. The van der Waals surface area contributed by atoms with E-state index in [1.165, 1.54) is 30.4 Å². The molecule has 1 fully saturated rings. The Labute approximate surface area is 136 Å². The van der Waals surface area contributed by atoms with Crippen molar-refractivity contribution in [2.45, 2.75) is 52.1 Å². The second kappa shape index (κ2) is 8.76. The molecule has 0 aromatic heterocycles. The quantitative estimate of drug-likeness (QED) is 0.637. The van der Waals surface area contributed by atoms with Gasteiger partial charge in [0.1, 0.15) is 12.4 Å². The minimum absolute atomic E-state index is 0.614. The number of benzene rings is 1. The maximum absolute atomic E-state index is 5.97. The Morgan fingerprint density at radius 1 is 1.24 bits per heavy atom. The summed E-state index contributed by atoms with van der Waals surface area (Å²) in [5.41, 5.74) is 2.40. The highest BCUT2D eigenvalue weighted by Crippen LogP contribution is 2.29. The first-order chi connectivity index (χ1) is 10.2. The van der Waals surface area contributed by atoms with E-state index in [1.807, 2.05) is 0 Å². The van der Waals surface area contributed by atoms with Gasteiger partial charge < -0.3 is 14.8 Å². The van der Waals surface area contributed by atoms with E-state index in [1.54, 1.807) is 0 Å². The zero-order valence-corrected chi connectivity index (χ0v) is 14.7. The van der Waals surface area contributed by atoms with Crippen LogP contribution in [0, 0.1) is 6.92 Å². The molecule has 0 unspecified atom stereocenters. The summed E-state index contributed by atoms with van der Waals surface area (Å²) >= 11 is 3.57. The standard InChI is InChI=1S/C17H26BrNO2/c1-3-4-7-20-8-9-21-17-13(2)10-15(18)11-14(17)12-19-16-5-6-16/h10-11,16,19H,3-9,12H2,1-2H3. The Bertz CT molecular complexity index is 447. The van der Waals surface area contributed by atoms with Gasteiger partial charge in [0, 0.05) is 29.2 Å². The first kappa shape index (κ1) is 16.8. The van der Waals surface area contributed by atoms with Crippen LogP contribution in [0.4, 0.5) is 0 Å². The minimum atomic E-state index is 0.614. The summed E-state index contributed by atoms with van der Waals surface area (Å²) in [4.78, 5) is 0. The lowest BCUT2D eigenvalue weighted by Gasteiger charge is -2.15. The molecule has 2 rings (SSSR count). The summed E-state index contributed by atoms with van der Waals surface area (Å²) in [7, 11) is 0. The molecule has 0 spiro atoms. The second-order valence-electron chi connectivity index (χ2n) is 5.68. The molecule has 0 aliphatic heterocycles. The number of aryl methyl sites for hydroxylation is 1. The molecule has 0 heterocycles. The average molecular weight is 356 g/mol. The zero-order chi connectivity index (χ0) is 15.1. The fraction of sp³-hybridized carbons (Fsp3) is 0.647. The molecule has 1 aliphatic carbocycles. The van der Waals surface area contributed by atoms with Crippen molar-refractivity contribution in [3.05, 3.63) is 27.7 Å². The number of hydrogen-bond acceptors (Lipinski definition) is 3. The maximum Gasteiger partial charge on any atom is 0.126 e. The molecule has 1 aliphatic rings. The third-order valence-electron chi connectivity index (χ3n) is 3.59. The van der Waals surface area contributed by atoms with Crippen LogP contribution in [0.3, 0.4) is 0 Å². The Morgan fingerprint density at radius 3 is 2.76 bits per heavy atom. The van der Waals surface area contributed by atoms with Crippen LogP contribution in [-0.4, -0.2) is 25.9 Å². The molecule has 0 radical (unpaired) electrons. The zero-order valence-electron chi connectivity index (χ0n) is 13.1. The van der Waals surface area contributed by atoms with Crippen molar-refractivity contribution in [2.75, 3.05) is 19.8 Å². The van der Waals surface area contributed by atoms with Crippen molar-refractivity contribution in [3.8, 4) is 5.75 Å². The van der Waals surface area contributed by atoms with Crippen molar-refractivity contribution in [1.82, 2.24) is 5.32 Å². The van der Waals surface area contributed by atoms with Crippen molar-refractivity contribution in [1.29, 1.82) is 0 Å². The van der Waals surface area contributed by atoms with E-state index in [0.29, 0.717) is 19.3 Å². The van der Waals surface area contributed by atoms with E-state index in [0.717, 1.165) is 29.8 Å². The van der Waals surface area contributed by atoms with Gasteiger partial charge in [0.25, 0.3) is 0 Å². The Hall–Kier alpha value is -0.580. The highest BCUT2D eigenvalue weighted by Gasteiger charge is 2.21. The molecule has 0 atom stereocenters. The number of hydrogen-bond donors (Lipinski definition) is 1. The first-order valence-electron chi connectivity index (χ1n) is 7.93. The van der Waals surface area contributed by atoms with Gasteiger partial charge in [-0.1, -0.05) is 29.3 Å². The molecule has 1 aromatic carbocycles. The summed E-state index contributed by atoms with van der Waals surface area (Å²) in [5, 5.41) is 3.55. The molecule has 0 amide bonds. The molecule has 3 nitrogen and oxygen atoms in total. The number of rotatable bonds is 10. The monoisotopic (exact) mass is 355 g/mol. The number of unbranched alkanes of at least 4 members (excludes halogenated alkanes) is 1. The molecule has 1 saturated carbocycles. The van der Waals surface area contributed by atoms with Crippen molar-refractivity contribution in [2.24, 2.45) is 0 Å². The van der Waals surface area contributed by atoms with Crippen LogP contribution in [0.2, 0.25) is 0 Å². The largest absolute Gasteiger partial charge is 0.491 e. The number of nitrogens with one attached hydrogen (secondary N) is 1. The summed E-state index contributed by atoms with van der Waals surface area (Å²) in [5.74, 6) is 1.01. The lowest BCUT2D eigenvalue weighted by Crippen LogP contribution is -2.17. The Kier molecular flexibility index (Phi) is 7.00. The van der Waals surface area contributed by atoms with Crippen LogP contribution in [0.25, 0.3) is 0 Å². The predicted octanol–water partition coefficient (Wildman–Crippen LogP) is 4.21. The molecule has 1 aromatic rings. The molecule has 118 valence electrons. The molecule has 4 heteroatoms. The minimum Gasteiger partial charge on any atom is -0.491 e. The molecule has 0 saturated heterocycles. The lowest BCUT2D eigenvalue weighted by atomic mass is 10.1. The SMILES string of the molecule is CCCCOCCOc1c(C)cc(Br)cc1CNC1CC1. The molecular weight excluding hydrogens is 330 g/mol. The van der Waals surface area contributed by atoms with Gasteiger partial charge in [-0.2, -0.15) is 0 Å². The number of ether oxygens (including phenoxy) is 2. The lowest BCUT2D eigenvalue weighted by molar-refractivity contribution is 0.0974. The van der Waals surface area contributed by atoms with Gasteiger partial charge in [0.05, 0.1) is 6.61 Å².